The predicted molar refractivity (Wildman–Crippen MR) is 162 cm³/mol. The fraction of sp³-hybridized carbons (Fsp3) is 0.576. The number of aryl methyl sites for hydroxylation is 1. The maximum absolute atomic E-state index is 13.7. The number of likely N-dealkylation sites (tertiary alicyclic amines) is 1. The molecule has 0 spiro atoms. The normalized spacial score (nSPS) is 22.9. The Kier molecular flexibility index (Phi) is 10.7. The van der Waals surface area contributed by atoms with Crippen molar-refractivity contribution in [3.8, 4) is 11.1 Å². The number of nitrogens with zero attached hydrogens (tertiary/aromatic N) is 1. The average Bonchev–Trinajstić information content (AvgIpc) is 2.95. The van der Waals surface area contributed by atoms with Crippen LogP contribution in [-0.2, 0) is 15.2 Å². The van der Waals surface area contributed by atoms with Gasteiger partial charge in [-0.2, -0.15) is 0 Å². The Labute approximate surface area is 244 Å². The van der Waals surface area contributed by atoms with E-state index in [1.165, 1.54) is 6.92 Å². The zero-order chi connectivity index (χ0) is 28.7. The van der Waals surface area contributed by atoms with E-state index in [1.807, 2.05) is 42.3 Å². The minimum atomic E-state index is -1.20. The highest BCUT2D eigenvalue weighted by Gasteiger charge is 2.43. The molecule has 2 aromatic rings. The number of carbonyl (C=O) groups excluding carboxylic acids is 2. The summed E-state index contributed by atoms with van der Waals surface area (Å²) >= 11 is 6.84. The van der Waals surface area contributed by atoms with Crippen molar-refractivity contribution in [1.29, 1.82) is 0 Å². The molecule has 0 unspecified atom stereocenters. The molecule has 0 aromatic heterocycles. The van der Waals surface area contributed by atoms with Gasteiger partial charge in [0.05, 0.1) is 5.60 Å². The molecule has 1 aliphatic carbocycles. The maximum atomic E-state index is 13.7. The quantitative estimate of drug-likeness (QED) is 0.322. The molecule has 2 atom stereocenters. The smallest absolute Gasteiger partial charge is 0.225 e. The topological polar surface area (TPSA) is 81.7 Å². The molecular formula is C33H46ClN3O3. The number of rotatable bonds is 10. The van der Waals surface area contributed by atoms with Gasteiger partial charge in [-0.3, -0.25) is 9.59 Å². The van der Waals surface area contributed by atoms with E-state index in [0.717, 1.165) is 73.9 Å². The summed E-state index contributed by atoms with van der Waals surface area (Å²) in [6.07, 6.45) is 6.84. The lowest BCUT2D eigenvalue weighted by atomic mass is 9.72. The standard InChI is InChI=1S/C33H46ClN3O3/c1-23-8-4-9-27(20-23)31-29(11-5-12-30(31)34)33(40,17-7-18-36-24(2)38)28-10-6-19-37(22-28)32(39)26-15-13-25(14-16-26)21-35-3/h4-5,8-9,11-12,20,25-26,28,35,40H,6-7,10,13-19,21-22H2,1-3H3,(H,36,38)/t25?,26?,28-,33+/m1/s1. The number of aliphatic hydroxyl groups is 1. The zero-order valence-corrected chi connectivity index (χ0v) is 25.1. The lowest BCUT2D eigenvalue weighted by Crippen LogP contribution is -2.50. The van der Waals surface area contributed by atoms with Crippen molar-refractivity contribution < 1.29 is 14.7 Å². The molecule has 1 heterocycles. The molecule has 2 aliphatic rings. The first-order chi connectivity index (χ1) is 19.2. The van der Waals surface area contributed by atoms with Gasteiger partial charge < -0.3 is 20.6 Å². The van der Waals surface area contributed by atoms with Crippen LogP contribution in [0.5, 0.6) is 0 Å². The van der Waals surface area contributed by atoms with Gasteiger partial charge in [-0.25, -0.2) is 0 Å². The molecule has 40 heavy (non-hydrogen) atoms. The van der Waals surface area contributed by atoms with Gasteiger partial charge in [0.15, 0.2) is 0 Å². The van der Waals surface area contributed by atoms with Crippen LogP contribution in [0.1, 0.15) is 69.4 Å². The first-order valence-corrected chi connectivity index (χ1v) is 15.4. The minimum absolute atomic E-state index is 0.0775. The molecule has 3 N–H and O–H groups in total. The average molecular weight is 568 g/mol. The molecule has 2 amide bonds. The first kappa shape index (κ1) is 30.5. The number of amides is 2. The third-order valence-corrected chi connectivity index (χ3v) is 9.31. The summed E-state index contributed by atoms with van der Waals surface area (Å²) in [6.45, 7) is 6.34. The number of hydrogen-bond acceptors (Lipinski definition) is 4. The Balaban J connectivity index is 1.62. The van der Waals surface area contributed by atoms with Crippen molar-refractivity contribution >= 4 is 23.4 Å². The monoisotopic (exact) mass is 567 g/mol. The van der Waals surface area contributed by atoms with Crippen LogP contribution in [0.4, 0.5) is 0 Å². The minimum Gasteiger partial charge on any atom is -0.385 e. The Morgan fingerprint density at radius 2 is 1.85 bits per heavy atom. The molecule has 0 bridgehead atoms. The Morgan fingerprint density at radius 3 is 2.55 bits per heavy atom. The summed E-state index contributed by atoms with van der Waals surface area (Å²) in [6, 6.07) is 14.0. The van der Waals surface area contributed by atoms with E-state index in [9.17, 15) is 14.7 Å². The summed E-state index contributed by atoms with van der Waals surface area (Å²) in [4.78, 5) is 27.3. The second kappa shape index (κ2) is 14.0. The molecule has 2 aromatic carbocycles. The summed E-state index contributed by atoms with van der Waals surface area (Å²) in [7, 11) is 1.99. The lowest BCUT2D eigenvalue weighted by molar-refractivity contribution is -0.142. The second-order valence-electron chi connectivity index (χ2n) is 11.9. The van der Waals surface area contributed by atoms with Gasteiger partial charge >= 0.3 is 0 Å². The van der Waals surface area contributed by atoms with E-state index in [4.69, 9.17) is 11.6 Å². The van der Waals surface area contributed by atoms with Gasteiger partial charge in [0.25, 0.3) is 0 Å². The van der Waals surface area contributed by atoms with Crippen molar-refractivity contribution in [1.82, 2.24) is 15.5 Å². The molecule has 1 saturated heterocycles. The SMILES string of the molecule is CNCC1CCC(C(=O)N2CCC[C@@H]([C@@](O)(CCCNC(C)=O)c3cccc(Cl)c3-c3cccc(C)c3)C2)CC1. The van der Waals surface area contributed by atoms with Crippen molar-refractivity contribution in [3.05, 3.63) is 58.6 Å². The van der Waals surface area contributed by atoms with Gasteiger partial charge in [0, 0.05) is 49.0 Å². The Morgan fingerprint density at radius 1 is 1.10 bits per heavy atom. The molecule has 1 saturated carbocycles. The van der Waals surface area contributed by atoms with Crippen molar-refractivity contribution in [2.75, 3.05) is 33.2 Å². The van der Waals surface area contributed by atoms with Crippen molar-refractivity contribution in [2.45, 2.75) is 70.8 Å². The van der Waals surface area contributed by atoms with Crippen LogP contribution >= 0.6 is 11.6 Å². The number of nitrogens with one attached hydrogen (secondary N) is 2. The van der Waals surface area contributed by atoms with E-state index < -0.39 is 5.60 Å². The fourth-order valence-electron chi connectivity index (χ4n) is 6.89. The molecule has 6 nitrogen and oxygen atoms in total. The number of piperidine rings is 1. The van der Waals surface area contributed by atoms with Crippen LogP contribution in [0.2, 0.25) is 5.02 Å². The second-order valence-corrected chi connectivity index (χ2v) is 12.3. The molecular weight excluding hydrogens is 522 g/mol. The third-order valence-electron chi connectivity index (χ3n) is 8.99. The van der Waals surface area contributed by atoms with E-state index >= 15 is 0 Å². The maximum Gasteiger partial charge on any atom is 0.225 e. The molecule has 1 aliphatic heterocycles. The van der Waals surface area contributed by atoms with Gasteiger partial charge in [-0.1, -0.05) is 53.6 Å². The molecule has 0 radical (unpaired) electrons. The number of benzene rings is 2. The van der Waals surface area contributed by atoms with Crippen LogP contribution in [0.15, 0.2) is 42.5 Å². The molecule has 4 rings (SSSR count). The summed E-state index contributed by atoms with van der Waals surface area (Å²) in [5.74, 6) is 0.766. The summed E-state index contributed by atoms with van der Waals surface area (Å²) < 4.78 is 0. The molecule has 7 heteroatoms. The van der Waals surface area contributed by atoms with Gasteiger partial charge in [0.2, 0.25) is 11.8 Å². The Bertz CT molecular complexity index is 1160. The number of hydrogen-bond donors (Lipinski definition) is 3. The van der Waals surface area contributed by atoms with Crippen LogP contribution in [-0.4, -0.2) is 55.0 Å². The largest absolute Gasteiger partial charge is 0.385 e. The van der Waals surface area contributed by atoms with Crippen molar-refractivity contribution in [3.63, 3.8) is 0 Å². The lowest BCUT2D eigenvalue weighted by Gasteiger charge is -2.45. The van der Waals surface area contributed by atoms with Crippen LogP contribution in [0.3, 0.4) is 0 Å². The van der Waals surface area contributed by atoms with Crippen LogP contribution in [0, 0.1) is 24.7 Å². The molecule has 218 valence electrons. The van der Waals surface area contributed by atoms with E-state index in [2.05, 4.69) is 29.7 Å². The third kappa shape index (κ3) is 7.26. The van der Waals surface area contributed by atoms with E-state index in [0.29, 0.717) is 36.9 Å². The number of halogens is 1. The highest BCUT2D eigenvalue weighted by Crippen LogP contribution is 2.46. The van der Waals surface area contributed by atoms with Crippen LogP contribution in [0.25, 0.3) is 11.1 Å². The summed E-state index contributed by atoms with van der Waals surface area (Å²) in [5.41, 5.74) is 2.55. The van der Waals surface area contributed by atoms with Crippen LogP contribution < -0.4 is 10.6 Å². The molecule has 2 fully saturated rings. The van der Waals surface area contributed by atoms with Crippen molar-refractivity contribution in [2.24, 2.45) is 17.8 Å². The summed E-state index contributed by atoms with van der Waals surface area (Å²) in [5, 5.41) is 19.5. The van der Waals surface area contributed by atoms with Gasteiger partial charge in [0.1, 0.15) is 0 Å². The Hall–Kier alpha value is -2.41. The van der Waals surface area contributed by atoms with E-state index in [1.54, 1.807) is 0 Å². The fourth-order valence-corrected chi connectivity index (χ4v) is 7.17. The van der Waals surface area contributed by atoms with Gasteiger partial charge in [-0.05, 0) is 95.0 Å². The van der Waals surface area contributed by atoms with E-state index in [-0.39, 0.29) is 23.7 Å². The number of carbonyl (C=O) groups is 2. The zero-order valence-electron chi connectivity index (χ0n) is 24.3. The highest BCUT2D eigenvalue weighted by molar-refractivity contribution is 6.33. The first-order valence-electron chi connectivity index (χ1n) is 15.0. The highest BCUT2D eigenvalue weighted by atomic mass is 35.5. The van der Waals surface area contributed by atoms with Gasteiger partial charge in [-0.15, -0.1) is 0 Å². The predicted octanol–water partition coefficient (Wildman–Crippen LogP) is 5.68.